The Hall–Kier alpha value is -0.910. The summed E-state index contributed by atoms with van der Waals surface area (Å²) in [4.78, 5) is 11.8. The highest BCUT2D eigenvalue weighted by molar-refractivity contribution is 7.10. The molecule has 0 bridgehead atoms. The number of rotatable bonds is 6. The Kier molecular flexibility index (Phi) is 4.37. The number of carbonyl (C=O) groups is 1. The lowest BCUT2D eigenvalue weighted by molar-refractivity contribution is 0.0697. The molecule has 0 aliphatic heterocycles. The van der Waals surface area contributed by atoms with Gasteiger partial charge in [-0.1, -0.05) is 12.8 Å². The van der Waals surface area contributed by atoms with Crippen molar-refractivity contribution in [2.45, 2.75) is 32.2 Å². The van der Waals surface area contributed by atoms with Crippen molar-refractivity contribution in [3.63, 3.8) is 0 Å². The molecule has 1 aliphatic rings. The summed E-state index contributed by atoms with van der Waals surface area (Å²) in [7, 11) is 0. The van der Waals surface area contributed by atoms with Crippen LogP contribution in [-0.4, -0.2) is 29.3 Å². The standard InChI is InChI=1S/C13H19NO3S/c15-9-13(3-1-2-4-13)8-14-6-11-5-10(7-18-11)12(16)17/h5,7,14-15H,1-4,6,8-9H2,(H,16,17). The smallest absolute Gasteiger partial charge is 0.336 e. The molecule has 3 N–H and O–H groups in total. The first kappa shape index (κ1) is 13.5. The van der Waals surface area contributed by atoms with E-state index >= 15 is 0 Å². The SMILES string of the molecule is O=C(O)c1csc(CNCC2(CO)CCCC2)c1. The molecule has 100 valence electrons. The lowest BCUT2D eigenvalue weighted by Crippen LogP contribution is -2.34. The van der Waals surface area contributed by atoms with Crippen LogP contribution in [0.3, 0.4) is 0 Å². The molecule has 1 heterocycles. The topological polar surface area (TPSA) is 69.6 Å². The van der Waals surface area contributed by atoms with Crippen LogP contribution in [0.4, 0.5) is 0 Å². The summed E-state index contributed by atoms with van der Waals surface area (Å²) in [6.45, 7) is 1.73. The Morgan fingerprint density at radius 3 is 2.72 bits per heavy atom. The van der Waals surface area contributed by atoms with E-state index in [1.807, 2.05) is 0 Å². The number of aliphatic hydroxyl groups excluding tert-OH is 1. The van der Waals surface area contributed by atoms with Crippen LogP contribution >= 0.6 is 11.3 Å². The maximum atomic E-state index is 10.7. The number of hydrogen-bond donors (Lipinski definition) is 3. The Morgan fingerprint density at radius 1 is 1.44 bits per heavy atom. The summed E-state index contributed by atoms with van der Waals surface area (Å²) in [5.41, 5.74) is 0.405. The lowest BCUT2D eigenvalue weighted by Gasteiger charge is -2.26. The Labute approximate surface area is 111 Å². The van der Waals surface area contributed by atoms with Crippen LogP contribution in [0.25, 0.3) is 0 Å². The summed E-state index contributed by atoms with van der Waals surface area (Å²) in [5, 5.41) is 23.3. The fourth-order valence-electron chi connectivity index (χ4n) is 2.55. The van der Waals surface area contributed by atoms with Crippen molar-refractivity contribution in [3.05, 3.63) is 21.9 Å². The average Bonchev–Trinajstić information content (AvgIpc) is 2.98. The fourth-order valence-corrected chi connectivity index (χ4v) is 3.38. The molecule has 1 saturated carbocycles. The van der Waals surface area contributed by atoms with Gasteiger partial charge >= 0.3 is 5.97 Å². The van der Waals surface area contributed by atoms with Gasteiger partial charge in [-0.25, -0.2) is 4.79 Å². The fraction of sp³-hybridized carbons (Fsp3) is 0.615. The van der Waals surface area contributed by atoms with Gasteiger partial charge in [0.2, 0.25) is 0 Å². The molecule has 1 aliphatic carbocycles. The molecular weight excluding hydrogens is 250 g/mol. The van der Waals surface area contributed by atoms with Crippen LogP contribution in [0.5, 0.6) is 0 Å². The second kappa shape index (κ2) is 5.82. The summed E-state index contributed by atoms with van der Waals surface area (Å²) in [5.74, 6) is -0.875. The highest BCUT2D eigenvalue weighted by Crippen LogP contribution is 2.36. The number of nitrogens with one attached hydrogen (secondary N) is 1. The Balaban J connectivity index is 1.82. The van der Waals surface area contributed by atoms with E-state index < -0.39 is 5.97 Å². The quantitative estimate of drug-likeness (QED) is 0.739. The molecule has 0 saturated heterocycles. The zero-order valence-electron chi connectivity index (χ0n) is 10.3. The van der Waals surface area contributed by atoms with Crippen molar-refractivity contribution < 1.29 is 15.0 Å². The van der Waals surface area contributed by atoms with Crippen molar-refractivity contribution in [2.75, 3.05) is 13.2 Å². The van der Waals surface area contributed by atoms with Gasteiger partial charge in [0.15, 0.2) is 0 Å². The first-order valence-corrected chi connectivity index (χ1v) is 7.15. The molecule has 1 fully saturated rings. The third-order valence-electron chi connectivity index (χ3n) is 3.70. The number of thiophene rings is 1. The number of carboxylic acids is 1. The predicted molar refractivity (Wildman–Crippen MR) is 71.0 cm³/mol. The van der Waals surface area contributed by atoms with Crippen molar-refractivity contribution in [1.82, 2.24) is 5.32 Å². The minimum Gasteiger partial charge on any atom is -0.478 e. The molecule has 4 nitrogen and oxygen atoms in total. The number of hydrogen-bond acceptors (Lipinski definition) is 4. The van der Waals surface area contributed by atoms with E-state index in [1.54, 1.807) is 11.4 Å². The van der Waals surface area contributed by atoms with E-state index in [1.165, 1.54) is 24.2 Å². The minimum absolute atomic E-state index is 0.0485. The molecular formula is C13H19NO3S. The highest BCUT2D eigenvalue weighted by atomic mass is 32.1. The van der Waals surface area contributed by atoms with Crippen molar-refractivity contribution >= 4 is 17.3 Å². The van der Waals surface area contributed by atoms with Crippen LogP contribution in [0, 0.1) is 5.41 Å². The summed E-state index contributed by atoms with van der Waals surface area (Å²) < 4.78 is 0. The zero-order chi connectivity index (χ0) is 13.0. The Morgan fingerprint density at radius 2 is 2.17 bits per heavy atom. The molecule has 0 atom stereocenters. The maximum Gasteiger partial charge on any atom is 0.336 e. The van der Waals surface area contributed by atoms with E-state index in [2.05, 4.69) is 5.32 Å². The van der Waals surface area contributed by atoms with Gasteiger partial charge in [0.1, 0.15) is 0 Å². The van der Waals surface area contributed by atoms with E-state index in [4.69, 9.17) is 5.11 Å². The monoisotopic (exact) mass is 269 g/mol. The van der Waals surface area contributed by atoms with Gasteiger partial charge in [0, 0.05) is 35.4 Å². The van der Waals surface area contributed by atoms with Gasteiger partial charge in [0.05, 0.1) is 5.56 Å². The molecule has 0 aromatic carbocycles. The third kappa shape index (κ3) is 3.10. The zero-order valence-corrected chi connectivity index (χ0v) is 11.1. The molecule has 0 radical (unpaired) electrons. The van der Waals surface area contributed by atoms with Crippen LogP contribution in [0.2, 0.25) is 0 Å². The summed E-state index contributed by atoms with van der Waals surface area (Å²) >= 11 is 1.46. The number of aliphatic hydroxyl groups is 1. The Bertz CT molecular complexity index is 410. The first-order valence-electron chi connectivity index (χ1n) is 6.27. The molecule has 18 heavy (non-hydrogen) atoms. The number of aromatic carboxylic acids is 1. The van der Waals surface area contributed by atoms with Gasteiger partial charge in [0.25, 0.3) is 0 Å². The van der Waals surface area contributed by atoms with E-state index in [-0.39, 0.29) is 12.0 Å². The van der Waals surface area contributed by atoms with Crippen LogP contribution in [-0.2, 0) is 6.54 Å². The van der Waals surface area contributed by atoms with Gasteiger partial charge < -0.3 is 15.5 Å². The molecule has 0 spiro atoms. The molecule has 1 aromatic rings. The van der Waals surface area contributed by atoms with E-state index in [0.717, 1.165) is 24.3 Å². The van der Waals surface area contributed by atoms with Crippen molar-refractivity contribution in [3.8, 4) is 0 Å². The van der Waals surface area contributed by atoms with Gasteiger partial charge in [-0.3, -0.25) is 0 Å². The second-order valence-electron chi connectivity index (χ2n) is 5.08. The van der Waals surface area contributed by atoms with E-state index in [9.17, 15) is 9.90 Å². The molecule has 2 rings (SSSR count). The number of carboxylic acid groups (broad SMARTS) is 1. The highest BCUT2D eigenvalue weighted by Gasteiger charge is 2.32. The van der Waals surface area contributed by atoms with Crippen LogP contribution in [0.1, 0.15) is 40.9 Å². The summed E-state index contributed by atoms with van der Waals surface area (Å²) in [6, 6.07) is 1.71. The average molecular weight is 269 g/mol. The van der Waals surface area contributed by atoms with Crippen molar-refractivity contribution in [2.24, 2.45) is 5.41 Å². The predicted octanol–water partition coefficient (Wildman–Crippen LogP) is 2.09. The normalized spacial score (nSPS) is 18.1. The lowest BCUT2D eigenvalue weighted by atomic mass is 9.87. The van der Waals surface area contributed by atoms with Gasteiger partial charge in [-0.15, -0.1) is 11.3 Å². The molecule has 5 heteroatoms. The van der Waals surface area contributed by atoms with Gasteiger partial charge in [-0.05, 0) is 18.9 Å². The maximum absolute atomic E-state index is 10.7. The second-order valence-corrected chi connectivity index (χ2v) is 6.07. The first-order chi connectivity index (χ1) is 8.65. The molecule has 0 unspecified atom stereocenters. The van der Waals surface area contributed by atoms with E-state index in [0.29, 0.717) is 12.1 Å². The third-order valence-corrected chi connectivity index (χ3v) is 4.64. The largest absolute Gasteiger partial charge is 0.478 e. The van der Waals surface area contributed by atoms with Gasteiger partial charge in [-0.2, -0.15) is 0 Å². The molecule has 1 aromatic heterocycles. The molecule has 0 amide bonds. The van der Waals surface area contributed by atoms with Crippen molar-refractivity contribution in [1.29, 1.82) is 0 Å². The van der Waals surface area contributed by atoms with Crippen LogP contribution < -0.4 is 5.32 Å². The summed E-state index contributed by atoms with van der Waals surface area (Å²) in [6.07, 6.45) is 4.57. The minimum atomic E-state index is -0.875. The van der Waals surface area contributed by atoms with Crippen LogP contribution in [0.15, 0.2) is 11.4 Å².